The summed E-state index contributed by atoms with van der Waals surface area (Å²) in [5.74, 6) is -6.94. The third-order valence-electron chi connectivity index (χ3n) is 16.2. The number of benzene rings is 2. The van der Waals surface area contributed by atoms with Gasteiger partial charge in [-0.3, -0.25) is 33.3 Å². The van der Waals surface area contributed by atoms with E-state index in [1.165, 1.54) is 41.9 Å². The number of carbonyl (C=O) groups is 6. The molecule has 0 bridgehead atoms. The van der Waals surface area contributed by atoms with E-state index in [1.807, 2.05) is 67.1 Å². The van der Waals surface area contributed by atoms with Gasteiger partial charge in [0.1, 0.15) is 24.8 Å². The first-order valence-electron chi connectivity index (χ1n) is 28.3. The Morgan fingerprint density at radius 1 is 0.529 bits per heavy atom. The molecule has 0 spiro atoms. The molecule has 0 saturated carbocycles. The number of nitrogens with zero attached hydrogens (tertiary/aromatic N) is 7. The minimum atomic E-state index is -1.80. The monoisotopic (exact) mass is 1170 g/mol. The summed E-state index contributed by atoms with van der Waals surface area (Å²) in [6, 6.07) is 24.4. The standard InChI is InChI=1S/C65H85N7O13/c1-43(33-66)27-47(35-68)31-49(37-70)32-48(36-69)30-46(34-67)21-22-61(6,59(78)85-26-25-84-51-28-44(2)52(45(3)29-51)72-24-23-71-53(72)50-19-17-16-18-20-50)39-63(8,56(75)81-13)41-65(10,58(77)83-15)42-64(9,57(76)82-14)40-62(7,55(74)80-12)38-60(4,5)54(73)79-11/h16-20,23-24,28-29,43,46-49H,21-22,25-27,30-32,38-42H2,1-15H3. The Hall–Kier alpha value is -8.28. The Labute approximate surface area is 501 Å². The number of ether oxygens (including phenoxy) is 7. The average molecular weight is 1170 g/mol. The zero-order valence-electron chi connectivity index (χ0n) is 52.2. The predicted octanol–water partition coefficient (Wildman–Crippen LogP) is 11.0. The number of hydrogen-bond acceptors (Lipinski definition) is 19. The van der Waals surface area contributed by atoms with E-state index >= 15 is 0 Å². The summed E-state index contributed by atoms with van der Waals surface area (Å²) in [7, 11) is 5.80. The molecular formula is C65H85N7O13. The molecule has 3 rings (SSSR count). The third-order valence-corrected chi connectivity index (χ3v) is 16.2. The number of esters is 6. The topological polar surface area (TPSA) is 304 Å². The average Bonchev–Trinajstić information content (AvgIpc) is 1.29. The summed E-state index contributed by atoms with van der Waals surface area (Å²) in [6.07, 6.45) is 2.21. The number of aromatic nitrogens is 2. The summed E-state index contributed by atoms with van der Waals surface area (Å²) >= 11 is 0. The molecule has 0 aliphatic carbocycles. The molecular weight excluding hydrogens is 1090 g/mol. The van der Waals surface area contributed by atoms with E-state index in [-0.39, 0.29) is 71.0 Å². The van der Waals surface area contributed by atoms with Crippen LogP contribution >= 0.6 is 0 Å². The first-order chi connectivity index (χ1) is 39.9. The summed E-state index contributed by atoms with van der Waals surface area (Å²) < 4.78 is 40.7. The number of rotatable bonds is 33. The normalized spacial score (nSPS) is 16.5. The maximum atomic E-state index is 15.0. The Morgan fingerprint density at radius 3 is 1.36 bits per heavy atom. The van der Waals surface area contributed by atoms with Crippen LogP contribution in [0.25, 0.3) is 17.1 Å². The van der Waals surface area contributed by atoms with Crippen LogP contribution in [0.2, 0.25) is 0 Å². The largest absolute Gasteiger partial charge is 0.490 e. The molecule has 0 aliphatic heterocycles. The Morgan fingerprint density at radius 2 is 0.941 bits per heavy atom. The lowest BCUT2D eigenvalue weighted by Gasteiger charge is -2.45. The molecule has 1 aromatic heterocycles. The molecule has 10 unspecified atom stereocenters. The van der Waals surface area contributed by atoms with Gasteiger partial charge in [-0.05, 0) is 163 Å². The SMILES string of the molecule is COC(=O)C(C)(C)CC(C)(CC(C)(CC(C)(CC(C)(CC(C)(CCC(C#N)CC(C#N)CC(C#N)CC(C#N)CC(C)C#N)C(=O)OCCOc1cc(C)c(-n2ccnc2-c2ccccc2)c(C)c1)C(=O)OC)C(=O)OC)C(=O)OC)C(=O)OC. The molecule has 1 heterocycles. The van der Waals surface area contributed by atoms with E-state index < -0.39 is 111 Å². The molecule has 0 fully saturated rings. The highest BCUT2D eigenvalue weighted by atomic mass is 16.6. The van der Waals surface area contributed by atoms with E-state index in [1.54, 1.807) is 33.9 Å². The molecule has 458 valence electrons. The van der Waals surface area contributed by atoms with Gasteiger partial charge in [-0.25, -0.2) is 4.98 Å². The van der Waals surface area contributed by atoms with Crippen LogP contribution in [0.5, 0.6) is 5.75 Å². The van der Waals surface area contributed by atoms with E-state index in [9.17, 15) is 55.1 Å². The minimum Gasteiger partial charge on any atom is -0.490 e. The molecule has 0 amide bonds. The lowest BCUT2D eigenvalue weighted by atomic mass is 9.58. The molecule has 3 aromatic rings. The van der Waals surface area contributed by atoms with Crippen LogP contribution in [-0.4, -0.2) is 94.1 Å². The second-order valence-electron chi connectivity index (χ2n) is 24.7. The van der Waals surface area contributed by atoms with Gasteiger partial charge in [0.05, 0.1) is 104 Å². The second kappa shape index (κ2) is 31.0. The number of carbonyl (C=O) groups excluding carboxylic acids is 6. The van der Waals surface area contributed by atoms with Crippen molar-refractivity contribution in [2.24, 2.45) is 62.1 Å². The van der Waals surface area contributed by atoms with Crippen LogP contribution in [-0.2, 0) is 57.2 Å². The second-order valence-corrected chi connectivity index (χ2v) is 24.7. The Balaban J connectivity index is 2.12. The molecule has 10 atom stereocenters. The summed E-state index contributed by atoms with van der Waals surface area (Å²) in [4.78, 5) is 89.5. The van der Waals surface area contributed by atoms with Gasteiger partial charge in [0.2, 0.25) is 0 Å². The summed E-state index contributed by atoms with van der Waals surface area (Å²) in [5, 5.41) is 50.2. The van der Waals surface area contributed by atoms with Crippen molar-refractivity contribution in [3.8, 4) is 53.2 Å². The maximum Gasteiger partial charge on any atom is 0.311 e. The van der Waals surface area contributed by atoms with Crippen molar-refractivity contribution in [2.45, 2.75) is 140 Å². The van der Waals surface area contributed by atoms with Crippen LogP contribution in [0.15, 0.2) is 54.9 Å². The highest BCUT2D eigenvalue weighted by Gasteiger charge is 2.57. The number of imidazole rings is 1. The number of hydrogen-bond donors (Lipinski definition) is 0. The first-order valence-corrected chi connectivity index (χ1v) is 28.3. The third kappa shape index (κ3) is 18.6. The Bertz CT molecular complexity index is 3030. The fourth-order valence-electron chi connectivity index (χ4n) is 12.8. The lowest BCUT2D eigenvalue weighted by molar-refractivity contribution is -0.172. The van der Waals surface area contributed by atoms with Gasteiger partial charge in [-0.1, -0.05) is 30.3 Å². The highest BCUT2D eigenvalue weighted by molar-refractivity contribution is 5.85. The lowest BCUT2D eigenvalue weighted by Crippen LogP contribution is -2.49. The first kappa shape index (κ1) is 71.0. The smallest absolute Gasteiger partial charge is 0.311 e. The Kier molecular flexibility index (Phi) is 25.9. The van der Waals surface area contributed by atoms with Crippen molar-refractivity contribution in [1.29, 1.82) is 26.3 Å². The van der Waals surface area contributed by atoms with E-state index in [2.05, 4.69) is 35.3 Å². The van der Waals surface area contributed by atoms with E-state index in [0.717, 1.165) is 49.5 Å². The quantitative estimate of drug-likeness (QED) is 0.0311. The predicted molar refractivity (Wildman–Crippen MR) is 311 cm³/mol. The van der Waals surface area contributed by atoms with Crippen LogP contribution in [0, 0.1) is 133 Å². The summed E-state index contributed by atoms with van der Waals surface area (Å²) in [6.45, 7) is 15.9. The summed E-state index contributed by atoms with van der Waals surface area (Å²) in [5.41, 5.74) is -6.22. The van der Waals surface area contributed by atoms with Crippen molar-refractivity contribution in [3.63, 3.8) is 0 Å². The maximum absolute atomic E-state index is 15.0. The van der Waals surface area contributed by atoms with Crippen LogP contribution in [0.4, 0.5) is 0 Å². The van der Waals surface area contributed by atoms with Gasteiger partial charge in [-0.2, -0.15) is 26.3 Å². The van der Waals surface area contributed by atoms with Gasteiger partial charge in [0.25, 0.3) is 0 Å². The van der Waals surface area contributed by atoms with Crippen LogP contribution in [0.1, 0.15) is 137 Å². The zero-order valence-corrected chi connectivity index (χ0v) is 52.2. The molecule has 20 heteroatoms. The van der Waals surface area contributed by atoms with Crippen LogP contribution in [0.3, 0.4) is 0 Å². The van der Waals surface area contributed by atoms with Crippen molar-refractivity contribution in [2.75, 3.05) is 48.8 Å². The zero-order chi connectivity index (χ0) is 64.1. The molecule has 0 N–H and O–H groups in total. The fraction of sp³-hybridized carbons (Fsp3) is 0.600. The van der Waals surface area contributed by atoms with Gasteiger partial charge >= 0.3 is 35.8 Å². The van der Waals surface area contributed by atoms with Gasteiger partial charge in [-0.15, -0.1) is 0 Å². The molecule has 2 aromatic carbocycles. The number of aryl methyl sites for hydroxylation is 2. The van der Waals surface area contributed by atoms with Crippen LogP contribution < -0.4 is 4.74 Å². The molecule has 20 nitrogen and oxygen atoms in total. The highest BCUT2D eigenvalue weighted by Crippen LogP contribution is 2.54. The van der Waals surface area contributed by atoms with Gasteiger partial charge in [0, 0.05) is 47.5 Å². The molecule has 85 heavy (non-hydrogen) atoms. The van der Waals surface area contributed by atoms with Crippen molar-refractivity contribution in [3.05, 3.63) is 66.0 Å². The van der Waals surface area contributed by atoms with E-state index in [0.29, 0.717) is 5.75 Å². The number of methoxy groups -OCH3 is 5. The van der Waals surface area contributed by atoms with Crippen molar-refractivity contribution >= 4 is 35.8 Å². The minimum absolute atomic E-state index is 0.00982. The van der Waals surface area contributed by atoms with Crippen molar-refractivity contribution < 1.29 is 61.9 Å². The fourth-order valence-corrected chi connectivity index (χ4v) is 12.8. The number of nitriles is 5. The van der Waals surface area contributed by atoms with Gasteiger partial charge in [0.15, 0.2) is 0 Å². The molecule has 0 radical (unpaired) electrons. The molecule has 0 aliphatic rings. The van der Waals surface area contributed by atoms with Crippen molar-refractivity contribution in [1.82, 2.24) is 9.55 Å². The van der Waals surface area contributed by atoms with E-state index in [4.69, 9.17) is 33.2 Å². The molecule has 0 saturated heterocycles. The van der Waals surface area contributed by atoms with Gasteiger partial charge < -0.3 is 33.2 Å².